The van der Waals surface area contributed by atoms with Gasteiger partial charge in [-0.3, -0.25) is 10.1 Å². The van der Waals surface area contributed by atoms with Crippen molar-refractivity contribution in [3.8, 4) is 5.75 Å². The van der Waals surface area contributed by atoms with Gasteiger partial charge in [0, 0.05) is 10.0 Å². The number of anilines is 1. The third kappa shape index (κ3) is 5.37. The van der Waals surface area contributed by atoms with Crippen molar-refractivity contribution in [3.05, 3.63) is 92.0 Å². The number of aromatic nitrogens is 3. The van der Waals surface area contributed by atoms with Crippen molar-refractivity contribution in [2.24, 2.45) is 0 Å². The molecule has 0 radical (unpaired) electrons. The predicted molar refractivity (Wildman–Crippen MR) is 123 cm³/mol. The van der Waals surface area contributed by atoms with Crippen LogP contribution < -0.4 is 10.1 Å². The molecule has 2 aromatic heterocycles. The maximum Gasteiger partial charge on any atom is 0.293 e. The molecule has 0 saturated heterocycles. The normalized spacial score (nSPS) is 10.9. The molecule has 0 bridgehead atoms. The van der Waals surface area contributed by atoms with Gasteiger partial charge in [-0.05, 0) is 35.9 Å². The Bertz CT molecular complexity index is 1250. The second-order valence-electron chi connectivity index (χ2n) is 6.56. The average molecular weight is 512 g/mol. The molecule has 0 aliphatic carbocycles. The number of hydrogen-bond donors (Lipinski definition) is 1. The standard InChI is InChI=1S/C21H14Cl4N4O3/c22-13-7-16(24)19(17(25)8-13)31-10-14-5-6-18(32-14)20(30)27-21-26-11-29(28-21)9-12-3-1-2-4-15(12)23/h1-8,11H,9-10H2,(H,27,28,30). The van der Waals surface area contributed by atoms with Crippen LogP contribution in [0, 0.1) is 0 Å². The fourth-order valence-corrected chi connectivity index (χ4v) is 3.90. The molecule has 0 spiro atoms. The van der Waals surface area contributed by atoms with Crippen molar-refractivity contribution in [3.63, 3.8) is 0 Å². The van der Waals surface area contributed by atoms with Gasteiger partial charge in [-0.25, -0.2) is 9.67 Å². The molecule has 11 heteroatoms. The summed E-state index contributed by atoms with van der Waals surface area (Å²) in [6.07, 6.45) is 1.50. The molecule has 2 aromatic carbocycles. The molecule has 7 nitrogen and oxygen atoms in total. The fourth-order valence-electron chi connectivity index (χ4n) is 2.78. The molecule has 0 aliphatic heterocycles. The van der Waals surface area contributed by atoms with E-state index in [0.29, 0.717) is 22.4 Å². The Labute approximate surface area is 202 Å². The van der Waals surface area contributed by atoms with Crippen LogP contribution in [-0.4, -0.2) is 20.7 Å². The molecule has 1 amide bonds. The van der Waals surface area contributed by atoms with E-state index in [1.807, 2.05) is 18.2 Å². The van der Waals surface area contributed by atoms with Gasteiger partial charge in [0.25, 0.3) is 5.91 Å². The lowest BCUT2D eigenvalue weighted by atomic mass is 10.2. The van der Waals surface area contributed by atoms with E-state index in [2.05, 4.69) is 15.4 Å². The molecule has 0 atom stereocenters. The number of furan rings is 1. The summed E-state index contributed by atoms with van der Waals surface area (Å²) in [5.74, 6) is 0.368. The van der Waals surface area contributed by atoms with Gasteiger partial charge in [-0.2, -0.15) is 0 Å². The van der Waals surface area contributed by atoms with Crippen molar-refractivity contribution < 1.29 is 13.9 Å². The first kappa shape index (κ1) is 22.5. The summed E-state index contributed by atoms with van der Waals surface area (Å²) in [5.41, 5.74) is 0.883. The molecule has 4 rings (SSSR count). The highest BCUT2D eigenvalue weighted by molar-refractivity contribution is 6.40. The maximum absolute atomic E-state index is 12.5. The van der Waals surface area contributed by atoms with Crippen LogP contribution in [0.15, 0.2) is 59.3 Å². The first-order valence-electron chi connectivity index (χ1n) is 9.19. The minimum absolute atomic E-state index is 0.0130. The number of nitrogens with one attached hydrogen (secondary N) is 1. The molecule has 164 valence electrons. The van der Waals surface area contributed by atoms with Gasteiger partial charge in [-0.1, -0.05) is 64.6 Å². The third-order valence-electron chi connectivity index (χ3n) is 4.26. The number of carbonyl (C=O) groups is 1. The minimum atomic E-state index is -0.505. The topological polar surface area (TPSA) is 82.2 Å². The SMILES string of the molecule is O=C(Nc1ncn(Cc2ccccc2Cl)n1)c1ccc(COc2c(Cl)cc(Cl)cc2Cl)o1. The molecule has 4 aromatic rings. The summed E-state index contributed by atoms with van der Waals surface area (Å²) < 4.78 is 12.7. The van der Waals surface area contributed by atoms with Gasteiger partial charge in [0.05, 0.1) is 16.6 Å². The largest absolute Gasteiger partial charge is 0.483 e. The van der Waals surface area contributed by atoms with E-state index in [1.54, 1.807) is 16.8 Å². The van der Waals surface area contributed by atoms with E-state index < -0.39 is 5.91 Å². The van der Waals surface area contributed by atoms with Crippen molar-refractivity contribution in [1.82, 2.24) is 14.8 Å². The second-order valence-corrected chi connectivity index (χ2v) is 8.22. The summed E-state index contributed by atoms with van der Waals surface area (Å²) in [6.45, 7) is 0.430. The van der Waals surface area contributed by atoms with E-state index >= 15 is 0 Å². The van der Waals surface area contributed by atoms with Crippen molar-refractivity contribution in [2.75, 3.05) is 5.32 Å². The molecular weight excluding hydrogens is 498 g/mol. The first-order chi connectivity index (χ1) is 15.4. The number of nitrogens with zero attached hydrogens (tertiary/aromatic N) is 3. The zero-order valence-corrected chi connectivity index (χ0v) is 19.2. The van der Waals surface area contributed by atoms with Crippen LogP contribution in [0.2, 0.25) is 20.1 Å². The highest BCUT2D eigenvalue weighted by Gasteiger charge is 2.15. The van der Waals surface area contributed by atoms with E-state index in [-0.39, 0.29) is 34.1 Å². The van der Waals surface area contributed by atoms with Crippen LogP contribution in [0.4, 0.5) is 5.95 Å². The fraction of sp³-hybridized carbons (Fsp3) is 0.0952. The van der Waals surface area contributed by atoms with Crippen molar-refractivity contribution in [1.29, 1.82) is 0 Å². The molecule has 1 N–H and O–H groups in total. The average Bonchev–Trinajstić information content (AvgIpc) is 3.38. The van der Waals surface area contributed by atoms with Crippen LogP contribution >= 0.6 is 46.4 Å². The van der Waals surface area contributed by atoms with Gasteiger partial charge < -0.3 is 9.15 Å². The molecule has 2 heterocycles. The zero-order valence-electron chi connectivity index (χ0n) is 16.2. The molecule has 32 heavy (non-hydrogen) atoms. The van der Waals surface area contributed by atoms with E-state index in [1.165, 1.54) is 24.5 Å². The number of ether oxygens (including phenoxy) is 1. The lowest BCUT2D eigenvalue weighted by Gasteiger charge is -2.09. The smallest absolute Gasteiger partial charge is 0.293 e. The molecule has 0 fully saturated rings. The Morgan fingerprint density at radius 1 is 1.03 bits per heavy atom. The van der Waals surface area contributed by atoms with Gasteiger partial charge in [0.1, 0.15) is 18.7 Å². The van der Waals surface area contributed by atoms with Gasteiger partial charge in [-0.15, -0.1) is 5.10 Å². The van der Waals surface area contributed by atoms with Crippen LogP contribution in [0.3, 0.4) is 0 Å². The minimum Gasteiger partial charge on any atom is -0.483 e. The van der Waals surface area contributed by atoms with Crippen LogP contribution in [0.1, 0.15) is 21.9 Å². The highest BCUT2D eigenvalue weighted by atomic mass is 35.5. The van der Waals surface area contributed by atoms with E-state index in [9.17, 15) is 4.79 Å². The Hall–Kier alpha value is -2.71. The Kier molecular flexibility index (Phi) is 6.91. The molecular formula is C21H14Cl4N4O3. The van der Waals surface area contributed by atoms with Gasteiger partial charge >= 0.3 is 0 Å². The number of rotatable bonds is 7. The molecule has 0 aliphatic rings. The predicted octanol–water partition coefficient (Wildman–Crippen LogP) is 6.36. The number of hydrogen-bond acceptors (Lipinski definition) is 5. The monoisotopic (exact) mass is 510 g/mol. The first-order valence-corrected chi connectivity index (χ1v) is 10.7. The number of halogens is 4. The summed E-state index contributed by atoms with van der Waals surface area (Å²) in [6, 6.07) is 13.6. The van der Waals surface area contributed by atoms with Gasteiger partial charge in [0.15, 0.2) is 11.5 Å². The van der Waals surface area contributed by atoms with Gasteiger partial charge in [0.2, 0.25) is 5.95 Å². The zero-order chi connectivity index (χ0) is 22.7. The summed E-state index contributed by atoms with van der Waals surface area (Å²) in [7, 11) is 0. The van der Waals surface area contributed by atoms with Crippen LogP contribution in [0.5, 0.6) is 5.75 Å². The van der Waals surface area contributed by atoms with E-state index in [4.69, 9.17) is 55.6 Å². The Morgan fingerprint density at radius 2 is 1.78 bits per heavy atom. The Balaban J connectivity index is 1.36. The lowest BCUT2D eigenvalue weighted by molar-refractivity contribution is 0.0991. The van der Waals surface area contributed by atoms with Crippen molar-refractivity contribution in [2.45, 2.75) is 13.2 Å². The quantitative estimate of drug-likeness (QED) is 0.312. The summed E-state index contributed by atoms with van der Waals surface area (Å²) in [5, 5.41) is 8.37. The number of carbonyl (C=O) groups excluding carboxylic acids is 1. The maximum atomic E-state index is 12.5. The molecule has 0 unspecified atom stereocenters. The van der Waals surface area contributed by atoms with Crippen LogP contribution in [-0.2, 0) is 13.2 Å². The lowest BCUT2D eigenvalue weighted by Crippen LogP contribution is -2.12. The highest BCUT2D eigenvalue weighted by Crippen LogP contribution is 2.36. The summed E-state index contributed by atoms with van der Waals surface area (Å²) in [4.78, 5) is 16.5. The Morgan fingerprint density at radius 3 is 2.53 bits per heavy atom. The van der Waals surface area contributed by atoms with Crippen LogP contribution in [0.25, 0.3) is 0 Å². The number of amides is 1. The molecule has 0 saturated carbocycles. The number of benzene rings is 2. The second kappa shape index (κ2) is 9.83. The van der Waals surface area contributed by atoms with Crippen molar-refractivity contribution >= 4 is 58.3 Å². The summed E-state index contributed by atoms with van der Waals surface area (Å²) >= 11 is 24.2. The third-order valence-corrected chi connectivity index (χ3v) is 5.41. The van der Waals surface area contributed by atoms with E-state index in [0.717, 1.165) is 5.56 Å².